The van der Waals surface area contributed by atoms with Crippen LogP contribution in [0.5, 0.6) is 0 Å². The average Bonchev–Trinajstić information content (AvgIpc) is 2.84. The zero-order valence-corrected chi connectivity index (χ0v) is 18.5. The number of esters is 3. The summed E-state index contributed by atoms with van der Waals surface area (Å²) in [7, 11) is 1.03. The van der Waals surface area contributed by atoms with Gasteiger partial charge in [-0.05, 0) is 17.7 Å². The molecule has 0 saturated heterocycles. The molecule has 2 N–H and O–H groups in total. The Bertz CT molecular complexity index is 996. The molecule has 0 aliphatic carbocycles. The molecule has 2 rings (SSSR count). The molecule has 2 aromatic carbocycles. The van der Waals surface area contributed by atoms with Crippen molar-refractivity contribution in [2.24, 2.45) is 0 Å². The SMILES string of the molecule is COC(=O)C(NC(=O)[C@H](COC(=O)c1ccccc1)NC(=O)OCc1ccccc1)OC(C)=O. The first-order chi connectivity index (χ1) is 16.3. The minimum absolute atomic E-state index is 0.0803. The number of methoxy groups -OCH3 is 1. The highest BCUT2D eigenvalue weighted by molar-refractivity contribution is 5.92. The van der Waals surface area contributed by atoms with E-state index in [4.69, 9.17) is 14.2 Å². The highest BCUT2D eigenvalue weighted by Gasteiger charge is 2.30. The molecule has 1 unspecified atom stereocenters. The van der Waals surface area contributed by atoms with Crippen LogP contribution in [0, 0.1) is 0 Å². The highest BCUT2D eigenvalue weighted by atomic mass is 16.6. The van der Waals surface area contributed by atoms with Crippen molar-refractivity contribution in [3.63, 3.8) is 0 Å². The van der Waals surface area contributed by atoms with E-state index in [1.807, 2.05) is 0 Å². The van der Waals surface area contributed by atoms with Gasteiger partial charge in [-0.2, -0.15) is 0 Å². The third-order valence-corrected chi connectivity index (χ3v) is 4.18. The number of carbonyl (C=O) groups excluding carboxylic acids is 5. The van der Waals surface area contributed by atoms with Crippen LogP contribution in [-0.4, -0.2) is 55.9 Å². The lowest BCUT2D eigenvalue weighted by Crippen LogP contribution is -2.54. The molecule has 2 amide bonds. The summed E-state index contributed by atoms with van der Waals surface area (Å²) in [5.74, 6) is -3.66. The lowest BCUT2D eigenvalue weighted by Gasteiger charge is -2.21. The maximum atomic E-state index is 12.7. The summed E-state index contributed by atoms with van der Waals surface area (Å²) in [6, 6.07) is 15.3. The first-order valence-corrected chi connectivity index (χ1v) is 10.0. The Morgan fingerprint density at radius 1 is 0.853 bits per heavy atom. The molecule has 180 valence electrons. The Labute approximate surface area is 195 Å². The lowest BCUT2D eigenvalue weighted by atomic mass is 10.2. The van der Waals surface area contributed by atoms with Gasteiger partial charge in [-0.15, -0.1) is 0 Å². The molecular formula is C23H24N2O9. The minimum Gasteiger partial charge on any atom is -0.465 e. The number of amides is 2. The largest absolute Gasteiger partial charge is 0.465 e. The zero-order chi connectivity index (χ0) is 24.9. The number of ether oxygens (including phenoxy) is 4. The van der Waals surface area contributed by atoms with Gasteiger partial charge in [0.05, 0.1) is 12.7 Å². The number of carbonyl (C=O) groups is 5. The topological polar surface area (TPSA) is 146 Å². The second-order valence-electron chi connectivity index (χ2n) is 6.74. The van der Waals surface area contributed by atoms with E-state index in [0.717, 1.165) is 14.0 Å². The van der Waals surface area contributed by atoms with E-state index < -0.39 is 48.8 Å². The van der Waals surface area contributed by atoms with E-state index >= 15 is 0 Å². The fourth-order valence-corrected chi connectivity index (χ4v) is 2.55. The normalized spacial score (nSPS) is 11.8. The fraction of sp³-hybridized carbons (Fsp3) is 0.261. The molecule has 11 nitrogen and oxygen atoms in total. The number of nitrogens with one attached hydrogen (secondary N) is 2. The van der Waals surface area contributed by atoms with Gasteiger partial charge in [0, 0.05) is 6.92 Å². The molecule has 0 bridgehead atoms. The van der Waals surface area contributed by atoms with Gasteiger partial charge in [0.2, 0.25) is 5.91 Å². The number of hydrogen-bond acceptors (Lipinski definition) is 9. The maximum absolute atomic E-state index is 12.7. The van der Waals surface area contributed by atoms with Crippen LogP contribution in [-0.2, 0) is 39.9 Å². The fourth-order valence-electron chi connectivity index (χ4n) is 2.55. The van der Waals surface area contributed by atoms with Crippen molar-refractivity contribution in [2.75, 3.05) is 13.7 Å². The second kappa shape index (κ2) is 13.2. The van der Waals surface area contributed by atoms with Crippen molar-refractivity contribution in [3.05, 3.63) is 71.8 Å². The Hall–Kier alpha value is -4.41. The van der Waals surface area contributed by atoms with Crippen molar-refractivity contribution in [1.29, 1.82) is 0 Å². The summed E-state index contributed by atoms with van der Waals surface area (Å²) in [6.07, 6.45) is -2.76. The minimum atomic E-state index is -1.77. The van der Waals surface area contributed by atoms with Gasteiger partial charge >= 0.3 is 24.0 Å². The number of hydrogen-bond donors (Lipinski definition) is 2. The molecule has 2 aromatic rings. The van der Waals surface area contributed by atoms with Crippen LogP contribution in [0.3, 0.4) is 0 Å². The summed E-state index contributed by atoms with van der Waals surface area (Å²) in [6.45, 7) is 0.345. The average molecular weight is 472 g/mol. The molecule has 0 aliphatic heterocycles. The van der Waals surface area contributed by atoms with Crippen molar-refractivity contribution in [1.82, 2.24) is 10.6 Å². The van der Waals surface area contributed by atoms with Crippen molar-refractivity contribution < 1.29 is 42.9 Å². The first-order valence-electron chi connectivity index (χ1n) is 10.0. The van der Waals surface area contributed by atoms with Crippen molar-refractivity contribution in [2.45, 2.75) is 25.8 Å². The quantitative estimate of drug-likeness (QED) is 0.297. The lowest BCUT2D eigenvalue weighted by molar-refractivity contribution is -0.168. The molecule has 0 saturated carbocycles. The third kappa shape index (κ3) is 8.61. The van der Waals surface area contributed by atoms with E-state index in [9.17, 15) is 24.0 Å². The van der Waals surface area contributed by atoms with Gasteiger partial charge < -0.3 is 29.6 Å². The van der Waals surface area contributed by atoms with Crippen molar-refractivity contribution in [3.8, 4) is 0 Å². The van der Waals surface area contributed by atoms with Crippen LogP contribution in [0.2, 0.25) is 0 Å². The second-order valence-corrected chi connectivity index (χ2v) is 6.74. The standard InChI is InChI=1S/C23H24N2O9/c1-15(26)34-20(22(29)31-2)25-19(27)18(14-32-21(28)17-11-7-4-8-12-17)24-23(30)33-13-16-9-5-3-6-10-16/h3-12,18,20H,13-14H2,1-2H3,(H,24,30)(H,25,27)/t18-,20?/m0/s1. The van der Waals surface area contributed by atoms with E-state index in [1.54, 1.807) is 48.5 Å². The number of rotatable bonds is 10. The molecule has 11 heteroatoms. The monoisotopic (exact) mass is 472 g/mol. The maximum Gasteiger partial charge on any atom is 0.408 e. The van der Waals surface area contributed by atoms with Crippen LogP contribution in [0.15, 0.2) is 60.7 Å². The summed E-state index contributed by atoms with van der Waals surface area (Å²) < 4.78 is 19.4. The third-order valence-electron chi connectivity index (χ3n) is 4.18. The van der Waals surface area contributed by atoms with E-state index in [0.29, 0.717) is 5.56 Å². The Morgan fingerprint density at radius 2 is 1.47 bits per heavy atom. The molecule has 2 atom stereocenters. The molecule has 0 radical (unpaired) electrons. The molecule has 0 spiro atoms. The molecule has 0 fully saturated rings. The van der Waals surface area contributed by atoms with Gasteiger partial charge in [-0.25, -0.2) is 14.4 Å². The van der Waals surface area contributed by atoms with Crippen LogP contribution in [0.25, 0.3) is 0 Å². The predicted molar refractivity (Wildman–Crippen MR) is 116 cm³/mol. The molecule has 34 heavy (non-hydrogen) atoms. The Kier molecular flexibility index (Phi) is 10.0. The Balaban J connectivity index is 2.08. The summed E-state index contributed by atoms with van der Waals surface area (Å²) in [4.78, 5) is 60.3. The van der Waals surface area contributed by atoms with Crippen molar-refractivity contribution >= 4 is 29.9 Å². The Morgan fingerprint density at radius 3 is 2.06 bits per heavy atom. The first kappa shape index (κ1) is 25.8. The summed E-state index contributed by atoms with van der Waals surface area (Å²) >= 11 is 0. The van der Waals surface area contributed by atoms with Crippen LogP contribution in [0.1, 0.15) is 22.8 Å². The van der Waals surface area contributed by atoms with Crippen LogP contribution >= 0.6 is 0 Å². The van der Waals surface area contributed by atoms with E-state index in [-0.39, 0.29) is 12.2 Å². The van der Waals surface area contributed by atoms with Gasteiger partial charge in [0.1, 0.15) is 19.3 Å². The predicted octanol–water partition coefficient (Wildman–Crippen LogP) is 1.32. The number of alkyl carbamates (subject to hydrolysis) is 1. The van der Waals surface area contributed by atoms with Gasteiger partial charge in [-0.1, -0.05) is 48.5 Å². The van der Waals surface area contributed by atoms with Gasteiger partial charge in [0.25, 0.3) is 6.23 Å². The molecule has 0 heterocycles. The molecule has 0 aromatic heterocycles. The van der Waals surface area contributed by atoms with Gasteiger partial charge in [0.15, 0.2) is 0 Å². The smallest absolute Gasteiger partial charge is 0.408 e. The summed E-state index contributed by atoms with van der Waals surface area (Å²) in [5.41, 5.74) is 0.926. The highest BCUT2D eigenvalue weighted by Crippen LogP contribution is 2.04. The van der Waals surface area contributed by atoms with Crippen LogP contribution < -0.4 is 10.6 Å². The van der Waals surface area contributed by atoms with E-state index in [1.165, 1.54) is 12.1 Å². The zero-order valence-electron chi connectivity index (χ0n) is 18.5. The molecule has 0 aliphatic rings. The van der Waals surface area contributed by atoms with Gasteiger partial charge in [-0.3, -0.25) is 9.59 Å². The summed E-state index contributed by atoms with van der Waals surface area (Å²) in [5, 5.41) is 4.39. The van der Waals surface area contributed by atoms with Crippen LogP contribution in [0.4, 0.5) is 4.79 Å². The number of benzene rings is 2. The van der Waals surface area contributed by atoms with E-state index in [2.05, 4.69) is 15.4 Å². The molecular weight excluding hydrogens is 448 g/mol.